The van der Waals surface area contributed by atoms with E-state index in [0.717, 1.165) is 41.7 Å². The van der Waals surface area contributed by atoms with Gasteiger partial charge in [0.25, 0.3) is 0 Å². The summed E-state index contributed by atoms with van der Waals surface area (Å²) in [5.74, 6) is -4.87. The lowest BCUT2D eigenvalue weighted by Gasteiger charge is -2.46. The summed E-state index contributed by atoms with van der Waals surface area (Å²) in [6.45, 7) is 4.87. The minimum Gasteiger partial charge on any atom is -0.466 e. The molecule has 0 aromatic carbocycles. The van der Waals surface area contributed by atoms with Gasteiger partial charge in [-0.25, -0.2) is 4.79 Å². The molecule has 1 rings (SSSR count). The van der Waals surface area contributed by atoms with E-state index in [0.29, 0.717) is 0 Å². The Labute approximate surface area is 200 Å². The fourth-order valence-electron chi connectivity index (χ4n) is 3.38. The SMILES string of the molecule is COC(=O)C1(Cl)CC(OC(C)=O)[C@@H](NC(C)=O)C([C@H](OC(C)=O)[C@H](COC(C)=O)OC(C)=O)O1. The van der Waals surface area contributed by atoms with E-state index in [9.17, 15) is 28.8 Å². The van der Waals surface area contributed by atoms with Crippen molar-refractivity contribution in [3.8, 4) is 0 Å². The lowest BCUT2D eigenvalue weighted by atomic mass is 9.89. The molecule has 6 atom stereocenters. The summed E-state index contributed by atoms with van der Waals surface area (Å²) in [6.07, 6.45) is -6.29. The second-order valence-electron chi connectivity index (χ2n) is 7.41. The van der Waals surface area contributed by atoms with E-state index in [2.05, 4.69) is 10.1 Å². The maximum absolute atomic E-state index is 12.4. The zero-order valence-corrected chi connectivity index (χ0v) is 20.3. The van der Waals surface area contributed by atoms with Crippen molar-refractivity contribution in [1.82, 2.24) is 5.32 Å². The van der Waals surface area contributed by atoms with Gasteiger partial charge in [-0.05, 0) is 0 Å². The summed E-state index contributed by atoms with van der Waals surface area (Å²) in [6, 6.07) is -1.24. The molecule has 3 unspecified atom stereocenters. The number of amides is 1. The number of nitrogens with one attached hydrogen (secondary N) is 1. The Hall–Kier alpha value is -2.93. The van der Waals surface area contributed by atoms with Crippen molar-refractivity contribution >= 4 is 47.4 Å². The molecule has 0 aromatic rings. The number of hydrogen-bond donors (Lipinski definition) is 1. The van der Waals surface area contributed by atoms with Crippen LogP contribution in [0.4, 0.5) is 0 Å². The Morgan fingerprint density at radius 1 is 0.971 bits per heavy atom. The van der Waals surface area contributed by atoms with E-state index < -0.39 is 84.3 Å². The van der Waals surface area contributed by atoms with Crippen LogP contribution in [-0.4, -0.2) is 85.0 Å². The normalized spacial score (nSPS) is 25.7. The average molecular weight is 510 g/mol. The van der Waals surface area contributed by atoms with Crippen LogP contribution < -0.4 is 5.32 Å². The highest BCUT2D eigenvalue weighted by Gasteiger charge is 2.57. The molecule has 14 heteroatoms. The largest absolute Gasteiger partial charge is 0.466 e. The van der Waals surface area contributed by atoms with E-state index in [4.69, 9.17) is 35.3 Å². The van der Waals surface area contributed by atoms with Crippen molar-refractivity contribution in [3.05, 3.63) is 0 Å². The Morgan fingerprint density at radius 2 is 1.56 bits per heavy atom. The van der Waals surface area contributed by atoms with Gasteiger partial charge in [-0.1, -0.05) is 11.6 Å². The molecule has 0 bridgehead atoms. The van der Waals surface area contributed by atoms with Crippen molar-refractivity contribution in [2.75, 3.05) is 13.7 Å². The number of esters is 5. The first kappa shape index (κ1) is 29.1. The summed E-state index contributed by atoms with van der Waals surface area (Å²) in [7, 11) is 1.04. The van der Waals surface area contributed by atoms with Gasteiger partial charge in [0.05, 0.1) is 13.2 Å². The van der Waals surface area contributed by atoms with Gasteiger partial charge in [0.15, 0.2) is 12.2 Å². The molecule has 0 aromatic heterocycles. The lowest BCUT2D eigenvalue weighted by molar-refractivity contribution is -0.225. The third-order valence-corrected chi connectivity index (χ3v) is 4.88. The van der Waals surface area contributed by atoms with Gasteiger partial charge in [-0.15, -0.1) is 0 Å². The molecule has 1 amide bonds. The van der Waals surface area contributed by atoms with E-state index in [1.54, 1.807) is 0 Å². The third kappa shape index (κ3) is 8.45. The molecule has 1 saturated heterocycles. The van der Waals surface area contributed by atoms with Gasteiger partial charge in [0, 0.05) is 41.0 Å². The fourth-order valence-corrected chi connectivity index (χ4v) is 3.71. The summed E-state index contributed by atoms with van der Waals surface area (Å²) >= 11 is 6.38. The molecule has 1 aliphatic rings. The first-order valence-corrected chi connectivity index (χ1v) is 10.4. The van der Waals surface area contributed by atoms with Gasteiger partial charge < -0.3 is 33.7 Å². The number of carbonyl (C=O) groups is 6. The molecule has 1 fully saturated rings. The van der Waals surface area contributed by atoms with E-state index in [-0.39, 0.29) is 0 Å². The predicted octanol–water partition coefficient (Wildman–Crippen LogP) is -0.254. The lowest BCUT2D eigenvalue weighted by Crippen LogP contribution is -2.67. The fraction of sp³-hybridized carbons (Fsp3) is 0.700. The van der Waals surface area contributed by atoms with Crippen molar-refractivity contribution < 1.29 is 57.2 Å². The number of rotatable bonds is 9. The molecular formula is C20H28ClNO12. The van der Waals surface area contributed by atoms with Crippen molar-refractivity contribution in [3.63, 3.8) is 0 Å². The summed E-state index contributed by atoms with van der Waals surface area (Å²) in [4.78, 5) is 71.2. The molecule has 192 valence electrons. The van der Waals surface area contributed by atoms with E-state index >= 15 is 0 Å². The number of alkyl halides is 1. The van der Waals surface area contributed by atoms with Gasteiger partial charge in [-0.3, -0.25) is 24.0 Å². The van der Waals surface area contributed by atoms with Crippen molar-refractivity contribution in [2.45, 2.75) is 76.6 Å². The molecule has 1 aliphatic heterocycles. The quantitative estimate of drug-likeness (QED) is 0.246. The zero-order valence-electron chi connectivity index (χ0n) is 19.6. The molecule has 0 radical (unpaired) electrons. The second-order valence-corrected chi connectivity index (χ2v) is 8.02. The van der Waals surface area contributed by atoms with Crippen LogP contribution in [0.25, 0.3) is 0 Å². The topological polar surface area (TPSA) is 170 Å². The number of halogens is 1. The Morgan fingerprint density at radius 3 is 2.00 bits per heavy atom. The number of carbonyl (C=O) groups excluding carboxylic acids is 6. The molecule has 34 heavy (non-hydrogen) atoms. The molecule has 0 saturated carbocycles. The van der Waals surface area contributed by atoms with Crippen molar-refractivity contribution in [2.24, 2.45) is 0 Å². The van der Waals surface area contributed by atoms with E-state index in [1.807, 2.05) is 0 Å². The first-order chi connectivity index (χ1) is 15.7. The number of methoxy groups -OCH3 is 1. The maximum atomic E-state index is 12.4. The van der Waals surface area contributed by atoms with Crippen molar-refractivity contribution in [1.29, 1.82) is 0 Å². The van der Waals surface area contributed by atoms with Crippen LogP contribution in [0.15, 0.2) is 0 Å². The van der Waals surface area contributed by atoms with Gasteiger partial charge >= 0.3 is 29.8 Å². The Kier molecular flexibility index (Phi) is 10.7. The monoisotopic (exact) mass is 509 g/mol. The first-order valence-electron chi connectivity index (χ1n) is 10.1. The highest BCUT2D eigenvalue weighted by molar-refractivity contribution is 6.32. The Balaban J connectivity index is 3.64. The summed E-state index contributed by atoms with van der Waals surface area (Å²) in [5.41, 5.74) is 0. The van der Waals surface area contributed by atoms with Crippen LogP contribution in [0.2, 0.25) is 0 Å². The third-order valence-electron chi connectivity index (χ3n) is 4.48. The zero-order chi connectivity index (χ0) is 26.2. The maximum Gasteiger partial charge on any atom is 0.354 e. The highest BCUT2D eigenvalue weighted by atomic mass is 35.5. The predicted molar refractivity (Wildman–Crippen MR) is 111 cm³/mol. The minimum atomic E-state index is -2.24. The highest BCUT2D eigenvalue weighted by Crippen LogP contribution is 2.38. The second kappa shape index (κ2) is 12.5. The molecule has 1 N–H and O–H groups in total. The van der Waals surface area contributed by atoms with Gasteiger partial charge in [0.1, 0.15) is 18.8 Å². The van der Waals surface area contributed by atoms with E-state index in [1.165, 1.54) is 0 Å². The molecule has 1 heterocycles. The minimum absolute atomic E-state index is 0.447. The number of hydrogen-bond acceptors (Lipinski definition) is 12. The average Bonchev–Trinajstić information content (AvgIpc) is 2.69. The van der Waals surface area contributed by atoms with Crippen LogP contribution >= 0.6 is 11.6 Å². The van der Waals surface area contributed by atoms with Gasteiger partial charge in [-0.2, -0.15) is 0 Å². The molecule has 13 nitrogen and oxygen atoms in total. The smallest absolute Gasteiger partial charge is 0.354 e. The van der Waals surface area contributed by atoms with Crippen LogP contribution in [0.1, 0.15) is 41.0 Å². The number of ether oxygens (including phenoxy) is 6. The summed E-state index contributed by atoms with van der Waals surface area (Å²) < 4.78 is 31.2. The molecule has 0 spiro atoms. The van der Waals surface area contributed by atoms with Crippen LogP contribution in [0.3, 0.4) is 0 Å². The standard InChI is InChI=1S/C20H28ClNO12/c1-9(23)22-16-14(31-11(3)25)7-20(21,19(28)29-6)34-18(16)17(33-13(5)27)15(32-12(4)26)8-30-10(2)24/h14-18H,7-8H2,1-6H3,(H,22,23)/t14?,15-,16+,17+,18?,20?/m0/s1. The van der Waals surface area contributed by atoms with Crippen LogP contribution in [-0.2, 0) is 57.2 Å². The van der Waals surface area contributed by atoms with Crippen LogP contribution in [0, 0.1) is 0 Å². The van der Waals surface area contributed by atoms with Gasteiger partial charge in [0.2, 0.25) is 11.0 Å². The summed E-state index contributed by atoms with van der Waals surface area (Å²) in [5, 5.41) is 0.276. The molecular weight excluding hydrogens is 482 g/mol. The van der Waals surface area contributed by atoms with Crippen LogP contribution in [0.5, 0.6) is 0 Å². The Bertz CT molecular complexity index is 817. The molecule has 0 aliphatic carbocycles.